The van der Waals surface area contributed by atoms with E-state index in [0.717, 1.165) is 11.1 Å². The molecule has 19 heavy (non-hydrogen) atoms. The molecule has 98 valence electrons. The maximum atomic E-state index is 10.6. The van der Waals surface area contributed by atoms with Crippen molar-refractivity contribution in [3.05, 3.63) is 75.3 Å². The smallest absolute Gasteiger partial charge is 0.258 e. The molecule has 0 spiro atoms. The molecule has 0 radical (unpaired) electrons. The number of non-ortho nitro benzene ring substituents is 1. The summed E-state index contributed by atoms with van der Waals surface area (Å²) in [6.07, 6.45) is 0.655. The van der Waals surface area contributed by atoms with E-state index in [9.17, 15) is 10.1 Å². The molecule has 1 atom stereocenters. The second-order valence-corrected chi connectivity index (χ2v) is 5.03. The summed E-state index contributed by atoms with van der Waals surface area (Å²) in [5.74, 6) is 0. The van der Waals surface area contributed by atoms with Crippen LogP contribution in [0.15, 0.2) is 48.5 Å². The van der Waals surface area contributed by atoms with Crippen molar-refractivity contribution in [2.24, 2.45) is 0 Å². The molecule has 0 bridgehead atoms. The second kappa shape index (κ2) is 5.85. The predicted octanol–water partition coefficient (Wildman–Crippen LogP) is 4.43. The molecular formula is C15H14ClNO2. The third-order valence-corrected chi connectivity index (χ3v) is 3.41. The molecule has 0 saturated heterocycles. The van der Waals surface area contributed by atoms with Gasteiger partial charge in [-0.2, -0.15) is 0 Å². The largest absolute Gasteiger partial charge is 0.269 e. The Labute approximate surface area is 117 Å². The summed E-state index contributed by atoms with van der Waals surface area (Å²) in [4.78, 5) is 10.2. The van der Waals surface area contributed by atoms with Gasteiger partial charge in [0.1, 0.15) is 0 Å². The van der Waals surface area contributed by atoms with Crippen molar-refractivity contribution in [3.63, 3.8) is 0 Å². The molecule has 1 unspecified atom stereocenters. The third-order valence-electron chi connectivity index (χ3n) is 3.00. The number of benzene rings is 2. The summed E-state index contributed by atoms with van der Waals surface area (Å²) in [6, 6.07) is 14.6. The molecule has 0 aliphatic heterocycles. The average Bonchev–Trinajstić information content (AvgIpc) is 2.40. The van der Waals surface area contributed by atoms with Crippen molar-refractivity contribution in [2.75, 3.05) is 0 Å². The van der Waals surface area contributed by atoms with Gasteiger partial charge < -0.3 is 0 Å². The molecule has 0 N–H and O–H groups in total. The van der Waals surface area contributed by atoms with Gasteiger partial charge in [-0.1, -0.05) is 42.0 Å². The summed E-state index contributed by atoms with van der Waals surface area (Å²) in [5, 5.41) is 10.4. The van der Waals surface area contributed by atoms with Crippen molar-refractivity contribution in [2.45, 2.75) is 18.7 Å². The first-order valence-corrected chi connectivity index (χ1v) is 6.44. The fourth-order valence-corrected chi connectivity index (χ4v) is 2.18. The van der Waals surface area contributed by atoms with E-state index in [-0.39, 0.29) is 11.1 Å². The molecule has 0 fully saturated rings. The Hall–Kier alpha value is -1.87. The topological polar surface area (TPSA) is 43.1 Å². The van der Waals surface area contributed by atoms with Crippen molar-refractivity contribution in [1.29, 1.82) is 0 Å². The lowest BCUT2D eigenvalue weighted by molar-refractivity contribution is -0.384. The van der Waals surface area contributed by atoms with Crippen molar-refractivity contribution < 1.29 is 4.92 Å². The maximum absolute atomic E-state index is 10.6. The Balaban J connectivity index is 2.08. The number of nitro groups is 1. The molecule has 2 aromatic carbocycles. The number of nitrogens with zero attached hydrogens (tertiary/aromatic N) is 1. The van der Waals surface area contributed by atoms with Crippen LogP contribution in [0.25, 0.3) is 0 Å². The number of hydrogen-bond donors (Lipinski definition) is 0. The van der Waals surface area contributed by atoms with Crippen LogP contribution in [0, 0.1) is 17.0 Å². The van der Waals surface area contributed by atoms with Gasteiger partial charge in [0.25, 0.3) is 5.69 Å². The Kier molecular flexibility index (Phi) is 4.17. The lowest BCUT2D eigenvalue weighted by Crippen LogP contribution is -1.96. The van der Waals surface area contributed by atoms with Gasteiger partial charge in [0.2, 0.25) is 0 Å². The van der Waals surface area contributed by atoms with E-state index < -0.39 is 4.92 Å². The quantitative estimate of drug-likeness (QED) is 0.471. The predicted molar refractivity (Wildman–Crippen MR) is 76.6 cm³/mol. The molecule has 2 aromatic rings. The number of rotatable bonds is 4. The number of nitro benzene ring substituents is 1. The van der Waals surface area contributed by atoms with Gasteiger partial charge >= 0.3 is 0 Å². The van der Waals surface area contributed by atoms with E-state index in [0.29, 0.717) is 6.42 Å². The lowest BCUT2D eigenvalue weighted by atomic mass is 10.0. The van der Waals surface area contributed by atoms with Crippen LogP contribution in [0.4, 0.5) is 5.69 Å². The van der Waals surface area contributed by atoms with E-state index >= 15 is 0 Å². The molecule has 0 aromatic heterocycles. The van der Waals surface area contributed by atoms with Crippen LogP contribution in [0.5, 0.6) is 0 Å². The summed E-state index contributed by atoms with van der Waals surface area (Å²) < 4.78 is 0. The first-order chi connectivity index (χ1) is 9.06. The van der Waals surface area contributed by atoms with Gasteiger partial charge in [-0.3, -0.25) is 10.1 Å². The monoisotopic (exact) mass is 275 g/mol. The average molecular weight is 276 g/mol. The fourth-order valence-electron chi connectivity index (χ4n) is 1.85. The number of alkyl halides is 1. The van der Waals surface area contributed by atoms with Gasteiger partial charge in [-0.15, -0.1) is 11.6 Å². The van der Waals surface area contributed by atoms with Crippen LogP contribution in [-0.4, -0.2) is 4.92 Å². The van der Waals surface area contributed by atoms with Crippen LogP contribution < -0.4 is 0 Å². The summed E-state index contributed by atoms with van der Waals surface area (Å²) in [5.41, 5.74) is 3.35. The highest BCUT2D eigenvalue weighted by atomic mass is 35.5. The molecule has 0 aliphatic rings. The van der Waals surface area contributed by atoms with Gasteiger partial charge in [0.15, 0.2) is 0 Å². The highest BCUT2D eigenvalue weighted by Crippen LogP contribution is 2.26. The molecule has 4 heteroatoms. The number of halogens is 1. The Bertz CT molecular complexity index is 564. The molecule has 2 rings (SSSR count). The van der Waals surface area contributed by atoms with E-state index in [1.54, 1.807) is 12.1 Å². The molecule has 0 heterocycles. The SMILES string of the molecule is Cc1ccc(C(Cl)Cc2ccc([N+](=O)[O-])cc2)cc1. The van der Waals surface area contributed by atoms with Crippen LogP contribution in [-0.2, 0) is 6.42 Å². The molecule has 0 amide bonds. The van der Waals surface area contributed by atoms with Gasteiger partial charge in [0.05, 0.1) is 10.3 Å². The minimum atomic E-state index is -0.401. The Morgan fingerprint density at radius 3 is 2.21 bits per heavy atom. The van der Waals surface area contributed by atoms with Crippen LogP contribution >= 0.6 is 11.6 Å². The maximum Gasteiger partial charge on any atom is 0.269 e. The molecule has 0 saturated carbocycles. The van der Waals surface area contributed by atoms with Crippen LogP contribution in [0.2, 0.25) is 0 Å². The van der Waals surface area contributed by atoms with E-state index in [4.69, 9.17) is 11.6 Å². The summed E-state index contributed by atoms with van der Waals surface area (Å²) in [7, 11) is 0. The summed E-state index contributed by atoms with van der Waals surface area (Å²) >= 11 is 6.36. The first kappa shape index (κ1) is 13.6. The van der Waals surface area contributed by atoms with Crippen LogP contribution in [0.1, 0.15) is 22.1 Å². The zero-order chi connectivity index (χ0) is 13.8. The lowest BCUT2D eigenvalue weighted by Gasteiger charge is -2.10. The number of hydrogen-bond acceptors (Lipinski definition) is 2. The van der Waals surface area contributed by atoms with E-state index in [2.05, 4.69) is 0 Å². The normalized spacial score (nSPS) is 12.1. The van der Waals surface area contributed by atoms with Crippen molar-refractivity contribution >= 4 is 17.3 Å². The molecule has 3 nitrogen and oxygen atoms in total. The van der Waals surface area contributed by atoms with Crippen molar-refractivity contribution in [3.8, 4) is 0 Å². The van der Waals surface area contributed by atoms with Gasteiger partial charge in [-0.25, -0.2) is 0 Å². The highest BCUT2D eigenvalue weighted by Gasteiger charge is 2.10. The number of aryl methyl sites for hydroxylation is 1. The second-order valence-electron chi connectivity index (χ2n) is 4.51. The van der Waals surface area contributed by atoms with Crippen LogP contribution in [0.3, 0.4) is 0 Å². The summed E-state index contributed by atoms with van der Waals surface area (Å²) in [6.45, 7) is 2.03. The standard InChI is InChI=1S/C15H14ClNO2/c1-11-2-6-13(7-3-11)15(16)10-12-4-8-14(9-5-12)17(18)19/h2-9,15H,10H2,1H3. The highest BCUT2D eigenvalue weighted by molar-refractivity contribution is 6.20. The molecule has 0 aliphatic carbocycles. The minimum absolute atomic E-state index is 0.102. The van der Waals surface area contributed by atoms with E-state index in [1.165, 1.54) is 17.7 Å². The third kappa shape index (κ3) is 3.55. The Morgan fingerprint density at radius 2 is 1.68 bits per heavy atom. The van der Waals surface area contributed by atoms with E-state index in [1.807, 2.05) is 31.2 Å². The minimum Gasteiger partial charge on any atom is -0.258 e. The van der Waals surface area contributed by atoms with Crippen molar-refractivity contribution in [1.82, 2.24) is 0 Å². The molecular weight excluding hydrogens is 262 g/mol. The first-order valence-electron chi connectivity index (χ1n) is 6.00. The fraction of sp³-hybridized carbons (Fsp3) is 0.200. The zero-order valence-corrected chi connectivity index (χ0v) is 11.3. The zero-order valence-electron chi connectivity index (χ0n) is 10.5. The Morgan fingerprint density at radius 1 is 1.11 bits per heavy atom. The van der Waals surface area contributed by atoms with Gasteiger partial charge in [-0.05, 0) is 24.5 Å². The van der Waals surface area contributed by atoms with Gasteiger partial charge in [0, 0.05) is 12.1 Å².